The Morgan fingerprint density at radius 2 is 1.66 bits per heavy atom. The Morgan fingerprint density at radius 3 is 2.32 bits per heavy atom. The second kappa shape index (κ2) is 13.3. The molecule has 47 heavy (non-hydrogen) atoms. The van der Waals surface area contributed by atoms with Gasteiger partial charge in [0.15, 0.2) is 6.29 Å². The molecule has 0 bridgehead atoms. The van der Waals surface area contributed by atoms with Crippen LogP contribution in [0.25, 0.3) is 0 Å². The van der Waals surface area contributed by atoms with Gasteiger partial charge in [0.2, 0.25) is 0 Å². The van der Waals surface area contributed by atoms with Crippen LogP contribution >= 0.6 is 0 Å². The molecule has 0 radical (unpaired) electrons. The van der Waals surface area contributed by atoms with E-state index < -0.39 is 49.1 Å². The molecule has 6 rings (SSSR count). The molecule has 2 amide bonds. The van der Waals surface area contributed by atoms with Crippen molar-refractivity contribution in [1.29, 1.82) is 0 Å². The Kier molecular flexibility index (Phi) is 9.96. The number of carbonyl (C=O) groups is 2. The van der Waals surface area contributed by atoms with Gasteiger partial charge in [0.25, 0.3) is 11.8 Å². The fourth-order valence-corrected chi connectivity index (χ4v) is 11.5. The smallest absolute Gasteiger partial charge is 0.257 e. The number of imide groups is 1. The number of aliphatic hydroxyl groups excluding tert-OH is 3. The zero-order valence-corrected chi connectivity index (χ0v) is 29.9. The summed E-state index contributed by atoms with van der Waals surface area (Å²) < 4.78 is 12.6. The highest BCUT2D eigenvalue weighted by Crippen LogP contribution is 2.67. The Morgan fingerprint density at radius 1 is 0.957 bits per heavy atom. The monoisotopic (exact) mass is 655 g/mol. The zero-order chi connectivity index (χ0) is 34.0. The van der Waals surface area contributed by atoms with Gasteiger partial charge in [-0.1, -0.05) is 65.5 Å². The van der Waals surface area contributed by atoms with E-state index in [1.54, 1.807) is 13.8 Å². The van der Waals surface area contributed by atoms with Crippen molar-refractivity contribution >= 4 is 11.8 Å². The third-order valence-corrected chi connectivity index (χ3v) is 14.4. The van der Waals surface area contributed by atoms with Gasteiger partial charge < -0.3 is 24.8 Å². The van der Waals surface area contributed by atoms with E-state index in [0.29, 0.717) is 22.5 Å². The van der Waals surface area contributed by atoms with E-state index in [-0.39, 0.29) is 11.5 Å². The predicted molar refractivity (Wildman–Crippen MR) is 180 cm³/mol. The fraction of sp³-hybridized carbons (Fsp3) is 0.846. The first kappa shape index (κ1) is 35.3. The van der Waals surface area contributed by atoms with Gasteiger partial charge in [-0.2, -0.15) is 0 Å². The van der Waals surface area contributed by atoms with Crippen LogP contribution in [0, 0.1) is 46.3 Å². The van der Waals surface area contributed by atoms with Crippen molar-refractivity contribution < 1.29 is 34.4 Å². The van der Waals surface area contributed by atoms with Crippen LogP contribution in [-0.2, 0) is 19.1 Å². The third-order valence-electron chi connectivity index (χ3n) is 14.4. The molecule has 8 nitrogen and oxygen atoms in total. The minimum atomic E-state index is -1.51. The van der Waals surface area contributed by atoms with E-state index in [0.717, 1.165) is 60.2 Å². The molecule has 1 saturated heterocycles. The van der Waals surface area contributed by atoms with Crippen molar-refractivity contribution in [3.8, 4) is 0 Å². The van der Waals surface area contributed by atoms with Crippen molar-refractivity contribution in [2.75, 3.05) is 6.61 Å². The van der Waals surface area contributed by atoms with Gasteiger partial charge in [0.1, 0.15) is 24.4 Å². The van der Waals surface area contributed by atoms with Crippen LogP contribution in [0.15, 0.2) is 22.8 Å². The first-order valence-corrected chi connectivity index (χ1v) is 18.8. The van der Waals surface area contributed by atoms with Crippen LogP contribution in [0.3, 0.4) is 0 Å². The van der Waals surface area contributed by atoms with E-state index in [9.17, 15) is 24.9 Å². The summed E-state index contributed by atoms with van der Waals surface area (Å²) in [7, 11) is 0. The molecule has 0 aromatic carbocycles. The maximum absolute atomic E-state index is 13.1. The number of hydrogen-bond donors (Lipinski definition) is 3. The Hall–Kier alpha value is -1.58. The molecule has 2 heterocycles. The largest absolute Gasteiger partial charge is 0.394 e. The number of nitrogens with zero attached hydrogens (tertiary/aromatic N) is 1. The van der Waals surface area contributed by atoms with Crippen LogP contribution in [0.1, 0.15) is 119 Å². The highest BCUT2D eigenvalue weighted by Gasteiger charge is 2.60. The predicted octanol–water partition coefficient (Wildman–Crippen LogP) is 5.93. The van der Waals surface area contributed by atoms with E-state index in [4.69, 9.17) is 9.47 Å². The molecule has 0 aromatic rings. The quantitative estimate of drug-likeness (QED) is 0.208. The highest BCUT2D eigenvalue weighted by molar-refractivity contribution is 6.19. The van der Waals surface area contributed by atoms with Crippen molar-refractivity contribution in [3.05, 3.63) is 22.8 Å². The summed E-state index contributed by atoms with van der Waals surface area (Å²) in [5.41, 5.74) is 2.64. The van der Waals surface area contributed by atoms with Gasteiger partial charge in [-0.25, -0.2) is 0 Å². The molecule has 2 aliphatic heterocycles. The highest BCUT2D eigenvalue weighted by atomic mass is 16.7. The van der Waals surface area contributed by atoms with E-state index in [2.05, 4.69) is 40.7 Å². The summed E-state index contributed by atoms with van der Waals surface area (Å²) in [5.74, 6) is 3.58. The van der Waals surface area contributed by atoms with Gasteiger partial charge in [0, 0.05) is 11.1 Å². The van der Waals surface area contributed by atoms with Crippen LogP contribution in [-0.4, -0.2) is 75.4 Å². The van der Waals surface area contributed by atoms with E-state index in [1.165, 1.54) is 50.5 Å². The Balaban J connectivity index is 1.16. The van der Waals surface area contributed by atoms with Crippen molar-refractivity contribution in [1.82, 2.24) is 4.90 Å². The minimum absolute atomic E-state index is 0.125. The van der Waals surface area contributed by atoms with Gasteiger partial charge in [-0.3, -0.25) is 14.5 Å². The number of amides is 2. The summed E-state index contributed by atoms with van der Waals surface area (Å²) in [5, 5.41) is 31.8. The second-order valence-electron chi connectivity index (χ2n) is 17.2. The van der Waals surface area contributed by atoms with Crippen LogP contribution in [0.2, 0.25) is 0 Å². The topological polar surface area (TPSA) is 117 Å². The molecule has 8 heteroatoms. The number of aliphatic hydroxyl groups is 3. The van der Waals surface area contributed by atoms with Gasteiger partial charge in [-0.05, 0) is 112 Å². The molecule has 3 saturated carbocycles. The number of rotatable bonds is 9. The Labute approximate surface area is 282 Å². The van der Waals surface area contributed by atoms with Crippen molar-refractivity contribution in [2.24, 2.45) is 46.3 Å². The maximum atomic E-state index is 13.1. The standard InChI is InChI=1S/C39H61NO7/c1-21(2)9-8-10-22(3)28-13-14-29-27-12-11-25-19-26(15-17-38(25,6)30(27)16-18-39(28,29)7)46-37-32(34(43)33(42)31(20-41)47-37)40-35(44)23(4)24(5)36(40)45/h11,21-22,26-34,37,41-43H,8-10,12-20H2,1-7H3/t22-,26+,27+,28-,29+,30+,31-,32-,33-,34-,37-,38+,39-/m1/s1. The molecule has 6 aliphatic rings. The lowest BCUT2D eigenvalue weighted by molar-refractivity contribution is -0.295. The van der Waals surface area contributed by atoms with Crippen LogP contribution in [0.4, 0.5) is 0 Å². The first-order chi connectivity index (χ1) is 22.2. The maximum Gasteiger partial charge on any atom is 0.257 e. The minimum Gasteiger partial charge on any atom is -0.394 e. The number of carbonyl (C=O) groups excluding carboxylic acids is 2. The van der Waals surface area contributed by atoms with Gasteiger partial charge >= 0.3 is 0 Å². The lowest BCUT2D eigenvalue weighted by atomic mass is 9.47. The van der Waals surface area contributed by atoms with Crippen LogP contribution < -0.4 is 0 Å². The summed E-state index contributed by atoms with van der Waals surface area (Å²) >= 11 is 0. The number of hydrogen-bond acceptors (Lipinski definition) is 7. The third kappa shape index (κ3) is 5.90. The molecule has 4 fully saturated rings. The normalized spacial score (nSPS) is 44.4. The molecular weight excluding hydrogens is 594 g/mol. The number of ether oxygens (including phenoxy) is 2. The number of allylic oxidation sites excluding steroid dienone is 1. The zero-order valence-electron chi connectivity index (χ0n) is 29.9. The van der Waals surface area contributed by atoms with Gasteiger partial charge in [0.05, 0.1) is 12.7 Å². The van der Waals surface area contributed by atoms with Gasteiger partial charge in [-0.15, -0.1) is 0 Å². The molecule has 3 N–H and O–H groups in total. The average molecular weight is 656 g/mol. The van der Waals surface area contributed by atoms with Crippen LogP contribution in [0.5, 0.6) is 0 Å². The molecule has 0 aromatic heterocycles. The molecule has 0 spiro atoms. The summed E-state index contributed by atoms with van der Waals surface area (Å²) in [4.78, 5) is 27.3. The lowest BCUT2D eigenvalue weighted by Crippen LogP contribution is -2.66. The van der Waals surface area contributed by atoms with E-state index in [1.807, 2.05) is 0 Å². The van der Waals surface area contributed by atoms with Crippen molar-refractivity contribution in [3.63, 3.8) is 0 Å². The SMILES string of the molecule is CC1=C(C)C(=O)N([C@H]2[C@H](O[C@H]3CC[C@@]4(C)C(=CC[C@H]5[C@@H]6CC[C@H]([C@H](C)CCCC(C)C)[C@@]6(C)CC[C@@H]54)C3)O[C@H](CO)[C@@H](O)[C@@H]2O)C1=O. The molecule has 0 unspecified atom stereocenters. The van der Waals surface area contributed by atoms with Crippen molar-refractivity contribution in [2.45, 2.75) is 156 Å². The summed E-state index contributed by atoms with van der Waals surface area (Å²) in [6, 6.07) is -1.21. The first-order valence-electron chi connectivity index (χ1n) is 18.8. The second-order valence-corrected chi connectivity index (χ2v) is 17.2. The molecule has 4 aliphatic carbocycles. The fourth-order valence-electron chi connectivity index (χ4n) is 11.5. The lowest BCUT2D eigenvalue weighted by Gasteiger charge is -2.58. The van der Waals surface area contributed by atoms with E-state index >= 15 is 0 Å². The average Bonchev–Trinajstić information content (AvgIpc) is 3.48. The number of fused-ring (bicyclic) bond motifs is 5. The summed E-state index contributed by atoms with van der Waals surface area (Å²) in [6.45, 7) is 15.0. The molecule has 264 valence electrons. The summed E-state index contributed by atoms with van der Waals surface area (Å²) in [6.07, 6.45) is 10.2. The molecule has 13 atom stereocenters. The molecular formula is C39H61NO7. The Bertz CT molecular complexity index is 1250.